The van der Waals surface area contributed by atoms with E-state index in [9.17, 15) is 9.90 Å². The molecule has 2 atom stereocenters. The number of aromatic nitrogens is 2. The summed E-state index contributed by atoms with van der Waals surface area (Å²) in [6.45, 7) is 1.14. The number of β-amino-alcohol motifs (C(OH)–C–C–N with tert-alkyl or cyclic N) is 1. The molecule has 120 valence electrons. The number of anilines is 1. The second kappa shape index (κ2) is 7.19. The van der Waals surface area contributed by atoms with Gasteiger partial charge in [0, 0.05) is 43.3 Å². The van der Waals surface area contributed by atoms with Crippen LogP contribution in [0.15, 0.2) is 48.9 Å². The maximum atomic E-state index is 12.3. The van der Waals surface area contributed by atoms with Gasteiger partial charge in [-0.2, -0.15) is 0 Å². The smallest absolute Gasteiger partial charge is 0.241 e. The molecule has 1 fully saturated rings. The van der Waals surface area contributed by atoms with Gasteiger partial charge in [-0.3, -0.25) is 14.8 Å². The predicted molar refractivity (Wildman–Crippen MR) is 86.7 cm³/mol. The van der Waals surface area contributed by atoms with Crippen LogP contribution in [0.1, 0.15) is 5.69 Å². The summed E-state index contributed by atoms with van der Waals surface area (Å²) in [6.07, 6.45) is 5.29. The quantitative estimate of drug-likeness (QED) is 0.859. The summed E-state index contributed by atoms with van der Waals surface area (Å²) in [6, 6.07) is 9.43. The van der Waals surface area contributed by atoms with Crippen molar-refractivity contribution >= 4 is 11.6 Å². The number of nitrogens with one attached hydrogen (secondary N) is 1. The van der Waals surface area contributed by atoms with E-state index in [0.29, 0.717) is 19.5 Å². The van der Waals surface area contributed by atoms with Crippen LogP contribution in [0.2, 0.25) is 0 Å². The molecule has 0 bridgehead atoms. The first-order valence-electron chi connectivity index (χ1n) is 7.72. The average Bonchev–Trinajstić information content (AvgIpc) is 2.95. The molecule has 1 amide bonds. The molecule has 0 unspecified atom stereocenters. The third kappa shape index (κ3) is 4.04. The zero-order valence-corrected chi connectivity index (χ0v) is 12.8. The standard InChI is InChI=1S/C17H20N4O2/c22-16-12-21(11-13(16)8-14-4-1-2-7-19-14)17(23)10-20-15-5-3-6-18-9-15/h1-7,9,13,16,20,22H,8,10-12H2/t13-,16-/m1/s1. The lowest BCUT2D eigenvalue weighted by atomic mass is 10.00. The Morgan fingerprint density at radius 1 is 1.26 bits per heavy atom. The van der Waals surface area contributed by atoms with Gasteiger partial charge in [-0.05, 0) is 30.7 Å². The molecule has 6 nitrogen and oxygen atoms in total. The van der Waals surface area contributed by atoms with Crippen LogP contribution in [0.4, 0.5) is 5.69 Å². The largest absolute Gasteiger partial charge is 0.391 e. The van der Waals surface area contributed by atoms with Gasteiger partial charge >= 0.3 is 0 Å². The topological polar surface area (TPSA) is 78.4 Å². The summed E-state index contributed by atoms with van der Waals surface area (Å²) < 4.78 is 0. The molecule has 0 radical (unpaired) electrons. The molecule has 0 saturated carbocycles. The first-order valence-corrected chi connectivity index (χ1v) is 7.72. The molecule has 1 saturated heterocycles. The van der Waals surface area contributed by atoms with Gasteiger partial charge in [0.25, 0.3) is 0 Å². The van der Waals surface area contributed by atoms with Crippen LogP contribution in [-0.2, 0) is 11.2 Å². The summed E-state index contributed by atoms with van der Waals surface area (Å²) in [5, 5.41) is 13.3. The van der Waals surface area contributed by atoms with E-state index in [1.807, 2.05) is 30.3 Å². The molecule has 0 aromatic carbocycles. The normalized spacial score (nSPS) is 20.5. The Kier molecular flexibility index (Phi) is 4.83. The third-order valence-corrected chi connectivity index (χ3v) is 4.06. The Balaban J connectivity index is 1.52. The lowest BCUT2D eigenvalue weighted by Crippen LogP contribution is -2.34. The molecule has 0 spiro atoms. The molecule has 2 aromatic rings. The molecule has 1 aliphatic rings. The Labute approximate surface area is 135 Å². The second-order valence-corrected chi connectivity index (χ2v) is 5.75. The van der Waals surface area contributed by atoms with Crippen molar-refractivity contribution in [3.05, 3.63) is 54.6 Å². The summed E-state index contributed by atoms with van der Waals surface area (Å²) in [5.74, 6) is 0.0173. The van der Waals surface area contributed by atoms with E-state index in [1.165, 1.54) is 0 Å². The lowest BCUT2D eigenvalue weighted by Gasteiger charge is -2.16. The number of carbonyl (C=O) groups excluding carboxylic acids is 1. The fourth-order valence-corrected chi connectivity index (χ4v) is 2.80. The minimum absolute atomic E-state index is 0.0172. The maximum absolute atomic E-state index is 12.3. The average molecular weight is 312 g/mol. The van der Waals surface area contributed by atoms with Crippen LogP contribution in [0.5, 0.6) is 0 Å². The molecule has 1 aliphatic heterocycles. The van der Waals surface area contributed by atoms with Gasteiger partial charge in [0.15, 0.2) is 0 Å². The third-order valence-electron chi connectivity index (χ3n) is 4.06. The zero-order valence-electron chi connectivity index (χ0n) is 12.8. The number of carbonyl (C=O) groups is 1. The molecule has 2 N–H and O–H groups in total. The maximum Gasteiger partial charge on any atom is 0.241 e. The van der Waals surface area contributed by atoms with Gasteiger partial charge in [-0.25, -0.2) is 0 Å². The number of amides is 1. The molecule has 3 rings (SSSR count). The highest BCUT2D eigenvalue weighted by molar-refractivity contribution is 5.81. The van der Waals surface area contributed by atoms with Crippen molar-refractivity contribution in [2.45, 2.75) is 12.5 Å². The van der Waals surface area contributed by atoms with Gasteiger partial charge in [0.1, 0.15) is 0 Å². The van der Waals surface area contributed by atoms with Gasteiger partial charge < -0.3 is 15.3 Å². The first kappa shape index (κ1) is 15.4. The number of hydrogen-bond acceptors (Lipinski definition) is 5. The van der Waals surface area contributed by atoms with Crippen LogP contribution in [0.3, 0.4) is 0 Å². The van der Waals surface area contributed by atoms with E-state index in [2.05, 4.69) is 15.3 Å². The van der Waals surface area contributed by atoms with Crippen molar-refractivity contribution in [3.8, 4) is 0 Å². The van der Waals surface area contributed by atoms with Crippen molar-refractivity contribution in [2.24, 2.45) is 5.92 Å². The van der Waals surface area contributed by atoms with Crippen molar-refractivity contribution in [1.29, 1.82) is 0 Å². The van der Waals surface area contributed by atoms with E-state index < -0.39 is 6.10 Å². The summed E-state index contributed by atoms with van der Waals surface area (Å²) in [7, 11) is 0. The Morgan fingerprint density at radius 2 is 2.17 bits per heavy atom. The summed E-state index contributed by atoms with van der Waals surface area (Å²) in [4.78, 5) is 22.3. The Morgan fingerprint density at radius 3 is 2.91 bits per heavy atom. The highest BCUT2D eigenvalue weighted by Gasteiger charge is 2.33. The van der Waals surface area contributed by atoms with E-state index >= 15 is 0 Å². The second-order valence-electron chi connectivity index (χ2n) is 5.75. The number of rotatable bonds is 5. The van der Waals surface area contributed by atoms with Gasteiger partial charge in [-0.15, -0.1) is 0 Å². The number of nitrogens with zero attached hydrogens (tertiary/aromatic N) is 3. The van der Waals surface area contributed by atoms with E-state index in [0.717, 1.165) is 11.4 Å². The number of likely N-dealkylation sites (tertiary alicyclic amines) is 1. The van der Waals surface area contributed by atoms with Crippen LogP contribution < -0.4 is 5.32 Å². The van der Waals surface area contributed by atoms with Gasteiger partial charge in [-0.1, -0.05) is 6.07 Å². The molecule has 3 heterocycles. The first-order chi connectivity index (χ1) is 11.2. The zero-order chi connectivity index (χ0) is 16.1. The van der Waals surface area contributed by atoms with E-state index in [-0.39, 0.29) is 18.4 Å². The van der Waals surface area contributed by atoms with Crippen LogP contribution >= 0.6 is 0 Å². The summed E-state index contributed by atoms with van der Waals surface area (Å²) in [5.41, 5.74) is 1.75. The minimum atomic E-state index is -0.501. The minimum Gasteiger partial charge on any atom is -0.391 e. The summed E-state index contributed by atoms with van der Waals surface area (Å²) >= 11 is 0. The lowest BCUT2D eigenvalue weighted by molar-refractivity contribution is -0.128. The number of aliphatic hydroxyl groups is 1. The number of pyridine rings is 2. The van der Waals surface area contributed by atoms with Gasteiger partial charge in [0.05, 0.1) is 18.3 Å². The Hall–Kier alpha value is -2.47. The van der Waals surface area contributed by atoms with Crippen LogP contribution in [0.25, 0.3) is 0 Å². The highest BCUT2D eigenvalue weighted by atomic mass is 16.3. The van der Waals surface area contributed by atoms with Crippen molar-refractivity contribution in [3.63, 3.8) is 0 Å². The molecular weight excluding hydrogens is 292 g/mol. The van der Waals surface area contributed by atoms with Gasteiger partial charge in [0.2, 0.25) is 5.91 Å². The van der Waals surface area contributed by atoms with Crippen LogP contribution in [-0.4, -0.2) is 51.6 Å². The number of hydrogen-bond donors (Lipinski definition) is 2. The molecule has 0 aliphatic carbocycles. The monoisotopic (exact) mass is 312 g/mol. The fraction of sp³-hybridized carbons (Fsp3) is 0.353. The van der Waals surface area contributed by atoms with Crippen LogP contribution in [0, 0.1) is 5.92 Å². The molecule has 23 heavy (non-hydrogen) atoms. The van der Waals surface area contributed by atoms with E-state index in [1.54, 1.807) is 23.5 Å². The molecule has 6 heteroatoms. The number of aliphatic hydroxyl groups excluding tert-OH is 1. The predicted octanol–water partition coefficient (Wildman–Crippen LogP) is 0.950. The Bertz CT molecular complexity index is 636. The molecule has 2 aromatic heterocycles. The highest BCUT2D eigenvalue weighted by Crippen LogP contribution is 2.21. The molecular formula is C17H20N4O2. The van der Waals surface area contributed by atoms with Crippen molar-refractivity contribution in [2.75, 3.05) is 25.0 Å². The van der Waals surface area contributed by atoms with E-state index in [4.69, 9.17) is 0 Å². The fourth-order valence-electron chi connectivity index (χ4n) is 2.80. The SMILES string of the molecule is O=C(CNc1cccnc1)N1C[C@@H](Cc2ccccn2)[C@H](O)C1. The van der Waals surface area contributed by atoms with Crippen molar-refractivity contribution in [1.82, 2.24) is 14.9 Å². The van der Waals surface area contributed by atoms with Crippen molar-refractivity contribution < 1.29 is 9.90 Å².